The van der Waals surface area contributed by atoms with Crippen molar-refractivity contribution in [2.45, 2.75) is 18.8 Å². The highest BCUT2D eigenvalue weighted by molar-refractivity contribution is 6.30. The minimum Gasteiger partial charge on any atom is -0.273 e. The number of nitrogens with one attached hydrogen (secondary N) is 1. The number of aromatic nitrogens is 2. The second-order valence-corrected chi connectivity index (χ2v) is 4.76. The Morgan fingerprint density at radius 2 is 1.68 bits per heavy atom. The van der Waals surface area contributed by atoms with Crippen molar-refractivity contribution in [3.8, 4) is 0 Å². The van der Waals surface area contributed by atoms with Gasteiger partial charge in [0, 0.05) is 11.4 Å². The molecule has 2 rings (SSSR count). The molecule has 0 fully saturated rings. The third kappa shape index (κ3) is 3.34. The molecule has 2 aromatic rings. The number of nitrogens with zero attached hydrogens (tertiary/aromatic N) is 1. The molecule has 0 unspecified atom stereocenters. The van der Waals surface area contributed by atoms with Gasteiger partial charge < -0.3 is 0 Å². The van der Waals surface area contributed by atoms with Crippen molar-refractivity contribution in [1.82, 2.24) is 10.2 Å². The van der Waals surface area contributed by atoms with E-state index in [-0.39, 0.29) is 10.6 Å². The molecule has 0 saturated carbocycles. The number of rotatable bonds is 2. The molecule has 1 aromatic carbocycles. The third-order valence-corrected chi connectivity index (χ3v) is 3.02. The van der Waals surface area contributed by atoms with Crippen LogP contribution in [0.3, 0.4) is 0 Å². The lowest BCUT2D eigenvalue weighted by atomic mass is 10.0. The van der Waals surface area contributed by atoms with Crippen LogP contribution in [0.15, 0.2) is 18.2 Å². The SMILES string of the molecule is Fc1cc(Cl)ccc1Cc1n[nH]c(C(F)(F)F)c1C(F)(F)F. The fourth-order valence-corrected chi connectivity index (χ4v) is 2.02. The van der Waals surface area contributed by atoms with E-state index in [0.717, 1.165) is 12.1 Å². The summed E-state index contributed by atoms with van der Waals surface area (Å²) in [5, 5.41) is 4.38. The highest BCUT2D eigenvalue weighted by Crippen LogP contribution is 2.41. The van der Waals surface area contributed by atoms with Crippen LogP contribution in [-0.4, -0.2) is 10.2 Å². The molecule has 120 valence electrons. The summed E-state index contributed by atoms with van der Waals surface area (Å²) >= 11 is 5.50. The van der Waals surface area contributed by atoms with Crippen LogP contribution in [0.4, 0.5) is 30.7 Å². The Bertz CT molecular complexity index is 688. The molecule has 1 heterocycles. The molecule has 22 heavy (non-hydrogen) atoms. The van der Waals surface area contributed by atoms with Gasteiger partial charge in [-0.05, 0) is 17.7 Å². The largest absolute Gasteiger partial charge is 0.433 e. The van der Waals surface area contributed by atoms with E-state index in [9.17, 15) is 30.7 Å². The first-order valence-corrected chi connectivity index (χ1v) is 6.03. The normalized spacial score (nSPS) is 12.7. The first-order chi connectivity index (χ1) is 10.00. The van der Waals surface area contributed by atoms with Crippen LogP contribution in [0.1, 0.15) is 22.5 Å². The number of benzene rings is 1. The number of hydrogen-bond donors (Lipinski definition) is 1. The summed E-state index contributed by atoms with van der Waals surface area (Å²) in [7, 11) is 0. The van der Waals surface area contributed by atoms with Gasteiger partial charge in [-0.25, -0.2) is 4.39 Å². The Kier molecular flexibility index (Phi) is 4.12. The van der Waals surface area contributed by atoms with E-state index in [2.05, 4.69) is 5.10 Å². The highest BCUT2D eigenvalue weighted by atomic mass is 35.5. The minimum absolute atomic E-state index is 0.00954. The molecule has 10 heteroatoms. The summed E-state index contributed by atoms with van der Waals surface area (Å²) in [5.74, 6) is -0.933. The maximum absolute atomic E-state index is 13.6. The zero-order valence-electron chi connectivity index (χ0n) is 10.4. The molecule has 2 nitrogen and oxygen atoms in total. The summed E-state index contributed by atoms with van der Waals surface area (Å²) in [6, 6.07) is 3.14. The van der Waals surface area contributed by atoms with Crippen LogP contribution in [0.25, 0.3) is 0 Å². The van der Waals surface area contributed by atoms with Gasteiger partial charge in [0.05, 0.1) is 5.69 Å². The van der Waals surface area contributed by atoms with E-state index >= 15 is 0 Å². The lowest BCUT2D eigenvalue weighted by Gasteiger charge is -2.12. The van der Waals surface area contributed by atoms with Gasteiger partial charge in [-0.3, -0.25) is 5.10 Å². The zero-order chi connectivity index (χ0) is 16.7. The molecule has 0 aliphatic carbocycles. The molecule has 0 amide bonds. The molecule has 1 aromatic heterocycles. The van der Waals surface area contributed by atoms with E-state index in [0.29, 0.717) is 0 Å². The van der Waals surface area contributed by atoms with Crippen LogP contribution in [0.5, 0.6) is 0 Å². The van der Waals surface area contributed by atoms with E-state index in [1.54, 1.807) is 0 Å². The maximum atomic E-state index is 13.6. The smallest absolute Gasteiger partial charge is 0.273 e. The topological polar surface area (TPSA) is 28.7 Å². The van der Waals surface area contributed by atoms with Crippen LogP contribution >= 0.6 is 11.6 Å². The van der Waals surface area contributed by atoms with Crippen molar-refractivity contribution in [3.05, 3.63) is 51.6 Å². The van der Waals surface area contributed by atoms with Crippen LogP contribution < -0.4 is 0 Å². The maximum Gasteiger partial charge on any atom is 0.433 e. The van der Waals surface area contributed by atoms with Crippen molar-refractivity contribution < 1.29 is 30.7 Å². The van der Waals surface area contributed by atoms with Crippen molar-refractivity contribution in [1.29, 1.82) is 0 Å². The summed E-state index contributed by atoms with van der Waals surface area (Å²) in [5.41, 5.74) is -5.16. The molecule has 0 radical (unpaired) electrons. The highest BCUT2D eigenvalue weighted by Gasteiger charge is 2.47. The Balaban J connectivity index is 2.50. The molecule has 1 N–H and O–H groups in total. The lowest BCUT2D eigenvalue weighted by molar-refractivity contribution is -0.164. The average Bonchev–Trinajstić information content (AvgIpc) is 2.76. The summed E-state index contributed by atoms with van der Waals surface area (Å²) in [6.45, 7) is 0. The van der Waals surface area contributed by atoms with E-state index in [1.165, 1.54) is 11.2 Å². The quantitative estimate of drug-likeness (QED) is 0.775. The molecular weight excluding hydrogens is 341 g/mol. The average molecular weight is 347 g/mol. The Labute approximate surface area is 123 Å². The second kappa shape index (κ2) is 5.45. The lowest BCUT2D eigenvalue weighted by Crippen LogP contribution is -2.17. The molecule has 0 aliphatic rings. The molecule has 0 saturated heterocycles. The van der Waals surface area contributed by atoms with Gasteiger partial charge in [0.2, 0.25) is 0 Å². The van der Waals surface area contributed by atoms with Crippen LogP contribution in [0, 0.1) is 5.82 Å². The fraction of sp³-hybridized carbons (Fsp3) is 0.250. The van der Waals surface area contributed by atoms with Gasteiger partial charge in [-0.1, -0.05) is 17.7 Å². The number of hydrogen-bond acceptors (Lipinski definition) is 1. The molecule has 0 atom stereocenters. The molecule has 0 spiro atoms. The number of aromatic amines is 1. The number of alkyl halides is 6. The minimum atomic E-state index is -5.28. The van der Waals surface area contributed by atoms with Crippen molar-refractivity contribution in [3.63, 3.8) is 0 Å². The monoisotopic (exact) mass is 346 g/mol. The zero-order valence-corrected chi connectivity index (χ0v) is 11.2. The van der Waals surface area contributed by atoms with Gasteiger partial charge in [0.1, 0.15) is 11.4 Å². The predicted octanol–water partition coefficient (Wildman–Crippen LogP) is 4.83. The van der Waals surface area contributed by atoms with Gasteiger partial charge in [0.15, 0.2) is 5.69 Å². The van der Waals surface area contributed by atoms with E-state index in [4.69, 9.17) is 11.6 Å². The van der Waals surface area contributed by atoms with Gasteiger partial charge in [-0.2, -0.15) is 31.4 Å². The summed E-state index contributed by atoms with van der Waals surface area (Å²) < 4.78 is 90.0. The fourth-order valence-electron chi connectivity index (χ4n) is 1.86. The summed E-state index contributed by atoms with van der Waals surface area (Å²) in [4.78, 5) is 0. The first-order valence-electron chi connectivity index (χ1n) is 5.65. The van der Waals surface area contributed by atoms with Crippen molar-refractivity contribution in [2.24, 2.45) is 0 Å². The van der Waals surface area contributed by atoms with Gasteiger partial charge >= 0.3 is 12.4 Å². The van der Waals surface area contributed by atoms with E-state index < -0.39 is 41.5 Å². The van der Waals surface area contributed by atoms with Crippen LogP contribution in [-0.2, 0) is 18.8 Å². The predicted molar refractivity (Wildman–Crippen MR) is 62.8 cm³/mol. The molecule has 0 bridgehead atoms. The second-order valence-electron chi connectivity index (χ2n) is 4.33. The Morgan fingerprint density at radius 1 is 1.05 bits per heavy atom. The number of halogens is 8. The third-order valence-electron chi connectivity index (χ3n) is 2.78. The van der Waals surface area contributed by atoms with Gasteiger partial charge in [-0.15, -0.1) is 0 Å². The standard InChI is InChI=1S/C12H6ClF7N2/c13-6-2-1-5(7(14)4-6)3-8-9(11(15,16)17)10(22-21-8)12(18,19)20/h1-2,4H,3H2,(H,21,22). The van der Waals surface area contributed by atoms with Gasteiger partial charge in [0.25, 0.3) is 0 Å². The summed E-state index contributed by atoms with van der Waals surface area (Å²) in [6.07, 6.45) is -11.3. The van der Waals surface area contributed by atoms with E-state index in [1.807, 2.05) is 0 Å². The Morgan fingerprint density at radius 3 is 2.18 bits per heavy atom. The Hall–Kier alpha value is -1.77. The van der Waals surface area contributed by atoms with Crippen molar-refractivity contribution in [2.75, 3.05) is 0 Å². The van der Waals surface area contributed by atoms with Crippen molar-refractivity contribution >= 4 is 11.6 Å². The molecule has 0 aliphatic heterocycles. The number of H-pyrrole nitrogens is 1. The van der Waals surface area contributed by atoms with Crippen LogP contribution in [0.2, 0.25) is 5.02 Å². The molecular formula is C12H6ClF7N2. The first kappa shape index (κ1) is 16.6.